The molecule has 0 bridgehead atoms. The van der Waals surface area contributed by atoms with Crippen LogP contribution >= 0.6 is 11.8 Å². The highest BCUT2D eigenvalue weighted by molar-refractivity contribution is 8.14. The Bertz CT molecular complexity index is 535. The summed E-state index contributed by atoms with van der Waals surface area (Å²) in [6, 6.07) is 6.66. The number of sulfone groups is 1. The number of benzene rings is 1. The summed E-state index contributed by atoms with van der Waals surface area (Å²) in [6.45, 7) is 1.93. The first-order chi connectivity index (χ1) is 7.97. The van der Waals surface area contributed by atoms with Crippen molar-refractivity contribution in [3.63, 3.8) is 0 Å². The normalized spacial score (nSPS) is 20.3. The van der Waals surface area contributed by atoms with Crippen LogP contribution in [-0.4, -0.2) is 31.1 Å². The standard InChI is InChI=1S/C11H14N2O2S2/c1-8-2-4-10(5-3-8)17(14,15)7-9-6-16-11(12)13-9/h2-5,9H,6-7H2,1H3,(H2,12,13). The Balaban J connectivity index is 2.17. The number of thioether (sulfide) groups is 1. The van der Waals surface area contributed by atoms with Crippen molar-refractivity contribution in [2.45, 2.75) is 17.9 Å². The van der Waals surface area contributed by atoms with E-state index in [9.17, 15) is 8.42 Å². The van der Waals surface area contributed by atoms with Crippen LogP contribution in [0.15, 0.2) is 34.2 Å². The molecule has 0 fully saturated rings. The number of hydrogen-bond acceptors (Lipinski definition) is 5. The highest BCUT2D eigenvalue weighted by atomic mass is 32.2. The highest BCUT2D eigenvalue weighted by Gasteiger charge is 2.24. The Morgan fingerprint density at radius 2 is 2.06 bits per heavy atom. The van der Waals surface area contributed by atoms with Crippen molar-refractivity contribution in [3.05, 3.63) is 29.8 Å². The number of hydrogen-bond donors (Lipinski definition) is 1. The zero-order valence-electron chi connectivity index (χ0n) is 9.46. The topological polar surface area (TPSA) is 72.5 Å². The van der Waals surface area contributed by atoms with Gasteiger partial charge in [-0.2, -0.15) is 0 Å². The van der Waals surface area contributed by atoms with Crippen LogP contribution in [0.2, 0.25) is 0 Å². The number of rotatable bonds is 3. The summed E-state index contributed by atoms with van der Waals surface area (Å²) in [5.41, 5.74) is 6.56. The van der Waals surface area contributed by atoms with Gasteiger partial charge in [-0.05, 0) is 19.1 Å². The van der Waals surface area contributed by atoms with Crippen molar-refractivity contribution in [1.82, 2.24) is 0 Å². The fourth-order valence-electron chi connectivity index (χ4n) is 1.62. The van der Waals surface area contributed by atoms with E-state index in [0.29, 0.717) is 15.8 Å². The van der Waals surface area contributed by atoms with Gasteiger partial charge in [0.25, 0.3) is 0 Å². The summed E-state index contributed by atoms with van der Waals surface area (Å²) < 4.78 is 24.2. The molecule has 0 saturated heterocycles. The molecule has 17 heavy (non-hydrogen) atoms. The molecular weight excluding hydrogens is 256 g/mol. The second-order valence-electron chi connectivity index (χ2n) is 4.03. The lowest BCUT2D eigenvalue weighted by molar-refractivity contribution is 0.591. The van der Waals surface area contributed by atoms with Crippen LogP contribution in [0.4, 0.5) is 0 Å². The molecular formula is C11H14N2O2S2. The molecule has 4 nitrogen and oxygen atoms in total. The number of nitrogens with two attached hydrogens (primary N) is 1. The van der Waals surface area contributed by atoms with Crippen LogP contribution in [-0.2, 0) is 9.84 Å². The SMILES string of the molecule is Cc1ccc(S(=O)(=O)CC2CSC(N)=N2)cc1. The van der Waals surface area contributed by atoms with Crippen LogP contribution in [0.5, 0.6) is 0 Å². The van der Waals surface area contributed by atoms with Gasteiger partial charge in [0, 0.05) is 5.75 Å². The van der Waals surface area contributed by atoms with Gasteiger partial charge in [0.15, 0.2) is 15.0 Å². The van der Waals surface area contributed by atoms with E-state index >= 15 is 0 Å². The fourth-order valence-corrected chi connectivity index (χ4v) is 3.99. The van der Waals surface area contributed by atoms with Crippen molar-refractivity contribution in [1.29, 1.82) is 0 Å². The second-order valence-corrected chi connectivity index (χ2v) is 7.10. The molecule has 1 aliphatic heterocycles. The molecule has 0 aromatic heterocycles. The lowest BCUT2D eigenvalue weighted by Crippen LogP contribution is -2.19. The molecule has 1 unspecified atom stereocenters. The van der Waals surface area contributed by atoms with Crippen molar-refractivity contribution < 1.29 is 8.42 Å². The van der Waals surface area contributed by atoms with Crippen LogP contribution in [0.1, 0.15) is 5.56 Å². The first-order valence-electron chi connectivity index (χ1n) is 5.23. The monoisotopic (exact) mass is 270 g/mol. The third-order valence-corrected chi connectivity index (χ3v) is 5.29. The smallest absolute Gasteiger partial charge is 0.180 e. The maximum atomic E-state index is 12.1. The van der Waals surface area contributed by atoms with E-state index in [4.69, 9.17) is 5.73 Å². The molecule has 0 saturated carbocycles. The average Bonchev–Trinajstić information content (AvgIpc) is 2.63. The van der Waals surface area contributed by atoms with Crippen molar-refractivity contribution in [2.24, 2.45) is 10.7 Å². The zero-order chi connectivity index (χ0) is 12.5. The van der Waals surface area contributed by atoms with Crippen LogP contribution in [0, 0.1) is 6.92 Å². The number of aliphatic imine (C=N–C) groups is 1. The number of nitrogens with zero attached hydrogens (tertiary/aromatic N) is 1. The summed E-state index contributed by atoms with van der Waals surface area (Å²) in [5, 5.41) is 0.481. The molecule has 1 aliphatic rings. The fraction of sp³-hybridized carbons (Fsp3) is 0.364. The van der Waals surface area contributed by atoms with Gasteiger partial charge >= 0.3 is 0 Å². The van der Waals surface area contributed by atoms with E-state index in [0.717, 1.165) is 5.56 Å². The predicted molar refractivity (Wildman–Crippen MR) is 71.1 cm³/mol. The first-order valence-corrected chi connectivity index (χ1v) is 7.87. The summed E-state index contributed by atoms with van der Waals surface area (Å²) in [6.07, 6.45) is 0. The maximum Gasteiger partial charge on any atom is 0.180 e. The summed E-state index contributed by atoms with van der Waals surface area (Å²) in [7, 11) is -3.26. The molecule has 1 aromatic carbocycles. The van der Waals surface area contributed by atoms with E-state index in [-0.39, 0.29) is 11.8 Å². The predicted octanol–water partition coefficient (Wildman–Crippen LogP) is 1.20. The summed E-state index contributed by atoms with van der Waals surface area (Å²) in [5.74, 6) is 0.681. The van der Waals surface area contributed by atoms with Gasteiger partial charge in [0.2, 0.25) is 0 Å². The Kier molecular flexibility index (Phi) is 3.44. The lowest BCUT2D eigenvalue weighted by Gasteiger charge is -2.07. The quantitative estimate of drug-likeness (QED) is 0.895. The molecule has 2 N–H and O–H groups in total. The minimum Gasteiger partial charge on any atom is -0.379 e. The van der Waals surface area contributed by atoms with Crippen molar-refractivity contribution >= 4 is 26.8 Å². The Hall–Kier alpha value is -1.01. The van der Waals surface area contributed by atoms with Gasteiger partial charge < -0.3 is 5.73 Å². The molecule has 2 rings (SSSR count). The largest absolute Gasteiger partial charge is 0.379 e. The third kappa shape index (κ3) is 3.01. The van der Waals surface area contributed by atoms with Gasteiger partial charge in [0.1, 0.15) is 0 Å². The van der Waals surface area contributed by atoms with Gasteiger partial charge in [-0.25, -0.2) is 8.42 Å². The molecule has 1 heterocycles. The molecule has 1 atom stereocenters. The van der Waals surface area contributed by atoms with Gasteiger partial charge in [0.05, 0.1) is 16.7 Å². The molecule has 0 aliphatic carbocycles. The minimum atomic E-state index is -3.26. The Morgan fingerprint density at radius 1 is 1.41 bits per heavy atom. The van der Waals surface area contributed by atoms with Crippen molar-refractivity contribution in [2.75, 3.05) is 11.5 Å². The molecule has 1 aromatic rings. The van der Waals surface area contributed by atoms with Gasteiger partial charge in [-0.1, -0.05) is 29.5 Å². The number of amidine groups is 1. The Labute approximate surface area is 105 Å². The van der Waals surface area contributed by atoms with E-state index in [2.05, 4.69) is 4.99 Å². The van der Waals surface area contributed by atoms with Gasteiger partial charge in [-0.3, -0.25) is 4.99 Å². The number of aryl methyl sites for hydroxylation is 1. The molecule has 6 heteroatoms. The summed E-state index contributed by atoms with van der Waals surface area (Å²) in [4.78, 5) is 4.45. The maximum absolute atomic E-state index is 12.1. The van der Waals surface area contributed by atoms with E-state index in [1.807, 2.05) is 6.92 Å². The molecule has 0 amide bonds. The molecule has 92 valence electrons. The van der Waals surface area contributed by atoms with Crippen LogP contribution in [0.25, 0.3) is 0 Å². The van der Waals surface area contributed by atoms with Crippen LogP contribution in [0.3, 0.4) is 0 Å². The average molecular weight is 270 g/mol. The van der Waals surface area contributed by atoms with E-state index < -0.39 is 9.84 Å². The second kappa shape index (κ2) is 4.70. The molecule has 0 radical (unpaired) electrons. The van der Waals surface area contributed by atoms with E-state index in [1.54, 1.807) is 24.3 Å². The minimum absolute atomic E-state index is 0.0315. The third-order valence-electron chi connectivity index (χ3n) is 2.53. The molecule has 0 spiro atoms. The van der Waals surface area contributed by atoms with Gasteiger partial charge in [-0.15, -0.1) is 0 Å². The highest BCUT2D eigenvalue weighted by Crippen LogP contribution is 2.20. The summed E-state index contributed by atoms with van der Waals surface area (Å²) >= 11 is 1.41. The van der Waals surface area contributed by atoms with Crippen LogP contribution < -0.4 is 5.73 Å². The van der Waals surface area contributed by atoms with E-state index in [1.165, 1.54) is 11.8 Å². The van der Waals surface area contributed by atoms with Crippen molar-refractivity contribution in [3.8, 4) is 0 Å². The Morgan fingerprint density at radius 3 is 2.59 bits per heavy atom. The zero-order valence-corrected chi connectivity index (χ0v) is 11.1. The lowest BCUT2D eigenvalue weighted by atomic mass is 10.2. The first kappa shape index (κ1) is 12.4.